The third-order valence-electron chi connectivity index (χ3n) is 3.29. The van der Waals surface area contributed by atoms with Gasteiger partial charge in [-0.05, 0) is 25.1 Å². The number of hydrogen-bond acceptors (Lipinski definition) is 3. The van der Waals surface area contributed by atoms with Crippen molar-refractivity contribution >= 4 is 17.6 Å². The van der Waals surface area contributed by atoms with E-state index in [0.717, 1.165) is 18.7 Å². The van der Waals surface area contributed by atoms with Gasteiger partial charge in [0.15, 0.2) is 0 Å². The quantitative estimate of drug-likeness (QED) is 0.834. The Bertz CT molecular complexity index is 441. The molecule has 0 aliphatic carbocycles. The first-order chi connectivity index (χ1) is 9.18. The summed E-state index contributed by atoms with van der Waals surface area (Å²) in [6.07, 6.45) is 0.774. The zero-order valence-electron chi connectivity index (χ0n) is 10.7. The van der Waals surface area contributed by atoms with Crippen LogP contribution in [0.1, 0.15) is 12.8 Å². The molecule has 5 heteroatoms. The highest BCUT2D eigenvalue weighted by molar-refractivity contribution is 5.95. The van der Waals surface area contributed by atoms with E-state index in [0.29, 0.717) is 6.54 Å². The Labute approximate surface area is 112 Å². The van der Waals surface area contributed by atoms with Crippen molar-refractivity contribution in [3.05, 3.63) is 30.3 Å². The molecule has 1 aromatic carbocycles. The van der Waals surface area contributed by atoms with E-state index in [-0.39, 0.29) is 24.8 Å². The maximum absolute atomic E-state index is 12.5. The fraction of sp³-hybridized carbons (Fsp3) is 0.429. The lowest BCUT2D eigenvalue weighted by Crippen LogP contribution is -2.38. The van der Waals surface area contributed by atoms with Gasteiger partial charge in [-0.1, -0.05) is 18.2 Å². The predicted octanol–water partition coefficient (Wildman–Crippen LogP) is 1.10. The standard InChI is InChI=1S/C14H18N2O3/c17-13(18)7-9-16(12-4-2-1-3-5-12)14(19)11-6-8-15-10-11/h1-5,11,15H,6-10H2,(H,17,18). The molecule has 1 amide bonds. The molecular weight excluding hydrogens is 244 g/mol. The first kappa shape index (κ1) is 13.5. The van der Waals surface area contributed by atoms with Crippen LogP contribution in [0, 0.1) is 5.92 Å². The van der Waals surface area contributed by atoms with Crippen LogP contribution in [-0.2, 0) is 9.59 Å². The van der Waals surface area contributed by atoms with E-state index < -0.39 is 5.97 Å². The Kier molecular flexibility index (Phi) is 4.52. The number of hydrogen-bond donors (Lipinski definition) is 2. The van der Waals surface area contributed by atoms with Crippen molar-refractivity contribution in [3.63, 3.8) is 0 Å². The summed E-state index contributed by atoms with van der Waals surface area (Å²) in [7, 11) is 0. The van der Waals surface area contributed by atoms with E-state index in [1.807, 2.05) is 30.3 Å². The molecule has 1 aliphatic rings. The molecule has 102 valence electrons. The third kappa shape index (κ3) is 3.54. The van der Waals surface area contributed by atoms with Crippen LogP contribution < -0.4 is 10.2 Å². The molecule has 0 bridgehead atoms. The predicted molar refractivity (Wildman–Crippen MR) is 72.0 cm³/mol. The lowest BCUT2D eigenvalue weighted by Gasteiger charge is -2.25. The highest BCUT2D eigenvalue weighted by atomic mass is 16.4. The monoisotopic (exact) mass is 262 g/mol. The van der Waals surface area contributed by atoms with Gasteiger partial charge in [-0.15, -0.1) is 0 Å². The summed E-state index contributed by atoms with van der Waals surface area (Å²) >= 11 is 0. The molecule has 1 atom stereocenters. The van der Waals surface area contributed by atoms with E-state index in [1.54, 1.807) is 4.90 Å². The average molecular weight is 262 g/mol. The maximum atomic E-state index is 12.5. The summed E-state index contributed by atoms with van der Waals surface area (Å²) in [4.78, 5) is 24.8. The number of nitrogens with zero attached hydrogens (tertiary/aromatic N) is 1. The topological polar surface area (TPSA) is 69.6 Å². The summed E-state index contributed by atoms with van der Waals surface area (Å²) in [6, 6.07) is 9.25. The zero-order chi connectivity index (χ0) is 13.7. The highest BCUT2D eigenvalue weighted by Crippen LogP contribution is 2.19. The lowest BCUT2D eigenvalue weighted by molar-refractivity contribution is -0.136. The van der Waals surface area contributed by atoms with E-state index in [2.05, 4.69) is 5.32 Å². The molecule has 2 rings (SSSR count). The first-order valence-electron chi connectivity index (χ1n) is 6.47. The van der Waals surface area contributed by atoms with Crippen LogP contribution in [-0.4, -0.2) is 36.6 Å². The normalized spacial score (nSPS) is 18.2. The van der Waals surface area contributed by atoms with Crippen LogP contribution >= 0.6 is 0 Å². The molecule has 0 saturated carbocycles. The number of anilines is 1. The first-order valence-corrected chi connectivity index (χ1v) is 6.47. The Morgan fingerprint density at radius 1 is 1.32 bits per heavy atom. The number of benzene rings is 1. The van der Waals surface area contributed by atoms with Crippen LogP contribution in [0.15, 0.2) is 30.3 Å². The number of nitrogens with one attached hydrogen (secondary N) is 1. The second-order valence-corrected chi connectivity index (χ2v) is 4.66. The third-order valence-corrected chi connectivity index (χ3v) is 3.29. The number of carboxylic acids is 1. The van der Waals surface area contributed by atoms with Crippen molar-refractivity contribution in [2.24, 2.45) is 5.92 Å². The van der Waals surface area contributed by atoms with Gasteiger partial charge in [0.1, 0.15) is 0 Å². The van der Waals surface area contributed by atoms with Crippen LogP contribution in [0.25, 0.3) is 0 Å². The lowest BCUT2D eigenvalue weighted by atomic mass is 10.1. The van der Waals surface area contributed by atoms with Crippen molar-refractivity contribution in [2.45, 2.75) is 12.8 Å². The molecule has 2 N–H and O–H groups in total. The molecule has 1 saturated heterocycles. The zero-order valence-corrected chi connectivity index (χ0v) is 10.7. The number of rotatable bonds is 5. The maximum Gasteiger partial charge on any atom is 0.305 e. The van der Waals surface area contributed by atoms with Crippen molar-refractivity contribution in [1.82, 2.24) is 5.32 Å². The molecule has 1 aliphatic heterocycles. The van der Waals surface area contributed by atoms with Gasteiger partial charge in [-0.3, -0.25) is 9.59 Å². The van der Waals surface area contributed by atoms with Gasteiger partial charge in [0.2, 0.25) is 5.91 Å². The molecule has 0 spiro atoms. The molecule has 0 aromatic heterocycles. The van der Waals surface area contributed by atoms with Crippen molar-refractivity contribution in [3.8, 4) is 0 Å². The molecule has 5 nitrogen and oxygen atoms in total. The summed E-state index contributed by atoms with van der Waals surface area (Å²) in [5.74, 6) is -0.926. The van der Waals surface area contributed by atoms with Crippen molar-refractivity contribution < 1.29 is 14.7 Å². The van der Waals surface area contributed by atoms with Gasteiger partial charge in [0, 0.05) is 18.8 Å². The second-order valence-electron chi connectivity index (χ2n) is 4.66. The van der Waals surface area contributed by atoms with Gasteiger partial charge in [0.25, 0.3) is 0 Å². The Hall–Kier alpha value is -1.88. The Morgan fingerprint density at radius 3 is 2.63 bits per heavy atom. The van der Waals surface area contributed by atoms with Crippen LogP contribution in [0.2, 0.25) is 0 Å². The van der Waals surface area contributed by atoms with Crippen molar-refractivity contribution in [2.75, 3.05) is 24.5 Å². The summed E-state index contributed by atoms with van der Waals surface area (Å²) in [5, 5.41) is 12.0. The minimum absolute atomic E-state index is 0.0115. The van der Waals surface area contributed by atoms with Gasteiger partial charge in [-0.25, -0.2) is 0 Å². The number of aliphatic carboxylic acids is 1. The minimum Gasteiger partial charge on any atom is -0.481 e. The van der Waals surface area contributed by atoms with Gasteiger partial charge in [-0.2, -0.15) is 0 Å². The molecule has 1 heterocycles. The molecule has 19 heavy (non-hydrogen) atoms. The van der Waals surface area contributed by atoms with Crippen LogP contribution in [0.3, 0.4) is 0 Å². The van der Waals surface area contributed by atoms with E-state index >= 15 is 0 Å². The number of para-hydroxylation sites is 1. The van der Waals surface area contributed by atoms with E-state index in [1.165, 1.54) is 0 Å². The summed E-state index contributed by atoms with van der Waals surface area (Å²) in [6.45, 7) is 1.74. The molecule has 1 fully saturated rings. The number of carbonyl (C=O) groups excluding carboxylic acids is 1. The molecule has 1 aromatic rings. The number of amides is 1. The molecule has 1 unspecified atom stereocenters. The number of carboxylic acid groups (broad SMARTS) is 1. The fourth-order valence-corrected chi connectivity index (χ4v) is 2.27. The average Bonchev–Trinajstić information content (AvgIpc) is 2.93. The highest BCUT2D eigenvalue weighted by Gasteiger charge is 2.28. The van der Waals surface area contributed by atoms with Crippen LogP contribution in [0.4, 0.5) is 5.69 Å². The summed E-state index contributed by atoms with van der Waals surface area (Å²) in [5.41, 5.74) is 0.764. The Morgan fingerprint density at radius 2 is 2.05 bits per heavy atom. The SMILES string of the molecule is O=C(O)CCN(C(=O)C1CCNC1)c1ccccc1. The minimum atomic E-state index is -0.890. The van der Waals surface area contributed by atoms with Crippen molar-refractivity contribution in [1.29, 1.82) is 0 Å². The fourth-order valence-electron chi connectivity index (χ4n) is 2.27. The number of carbonyl (C=O) groups is 2. The largest absolute Gasteiger partial charge is 0.481 e. The molecule has 0 radical (unpaired) electrons. The smallest absolute Gasteiger partial charge is 0.305 e. The van der Waals surface area contributed by atoms with Crippen LogP contribution in [0.5, 0.6) is 0 Å². The second kappa shape index (κ2) is 6.33. The van der Waals surface area contributed by atoms with E-state index in [9.17, 15) is 9.59 Å². The summed E-state index contributed by atoms with van der Waals surface area (Å²) < 4.78 is 0. The van der Waals surface area contributed by atoms with Gasteiger partial charge >= 0.3 is 5.97 Å². The molecular formula is C14H18N2O3. The van der Waals surface area contributed by atoms with Gasteiger partial charge in [0.05, 0.1) is 12.3 Å². The van der Waals surface area contributed by atoms with Gasteiger partial charge < -0.3 is 15.3 Å². The Balaban J connectivity index is 2.13. The van der Waals surface area contributed by atoms with E-state index in [4.69, 9.17) is 5.11 Å².